The Hall–Kier alpha value is -1.84. The molecule has 1 spiro atoms. The molecule has 2 atom stereocenters. The van der Waals surface area contributed by atoms with E-state index in [4.69, 9.17) is 4.74 Å². The molecule has 1 fully saturated rings. The number of ether oxygens (including phenoxy) is 1. The molecule has 0 amide bonds. The van der Waals surface area contributed by atoms with Gasteiger partial charge >= 0.3 is 0 Å². The highest BCUT2D eigenvalue weighted by molar-refractivity contribution is 5.40. The fourth-order valence-corrected chi connectivity index (χ4v) is 4.37. The summed E-state index contributed by atoms with van der Waals surface area (Å²) in [7, 11) is 0. The van der Waals surface area contributed by atoms with Gasteiger partial charge in [0.15, 0.2) is 0 Å². The molecule has 0 aromatic heterocycles. The number of aliphatic hydroxyl groups is 1. The molecular weight excluding hydrogens is 310 g/mol. The summed E-state index contributed by atoms with van der Waals surface area (Å²) in [6, 6.07) is 18.6. The summed E-state index contributed by atoms with van der Waals surface area (Å²) in [5, 5.41) is 14.8. The van der Waals surface area contributed by atoms with Crippen LogP contribution in [0.5, 0.6) is 5.75 Å². The van der Waals surface area contributed by atoms with Crippen molar-refractivity contribution in [2.75, 3.05) is 6.54 Å². The molecule has 2 aliphatic rings. The summed E-state index contributed by atoms with van der Waals surface area (Å²) in [5.74, 6) is 0.937. The van der Waals surface area contributed by atoms with Gasteiger partial charge in [-0.15, -0.1) is 0 Å². The predicted molar refractivity (Wildman–Crippen MR) is 99.8 cm³/mol. The van der Waals surface area contributed by atoms with Gasteiger partial charge in [-0.1, -0.05) is 55.0 Å². The molecule has 1 aliphatic heterocycles. The van der Waals surface area contributed by atoms with Gasteiger partial charge in [0.05, 0.1) is 6.04 Å². The lowest BCUT2D eigenvalue weighted by Crippen LogP contribution is -2.57. The average Bonchev–Trinajstić information content (AvgIpc) is 2.66. The summed E-state index contributed by atoms with van der Waals surface area (Å²) in [6.45, 7) is 0.843. The van der Waals surface area contributed by atoms with Crippen LogP contribution < -0.4 is 10.1 Å². The van der Waals surface area contributed by atoms with Crippen LogP contribution in [0.4, 0.5) is 0 Å². The van der Waals surface area contributed by atoms with Crippen molar-refractivity contribution in [1.29, 1.82) is 0 Å². The van der Waals surface area contributed by atoms with Crippen LogP contribution in [0.15, 0.2) is 54.6 Å². The Labute approximate surface area is 150 Å². The van der Waals surface area contributed by atoms with Crippen LogP contribution in [0, 0.1) is 0 Å². The zero-order valence-electron chi connectivity index (χ0n) is 14.7. The first kappa shape index (κ1) is 16.6. The monoisotopic (exact) mass is 337 g/mol. The minimum absolute atomic E-state index is 0.0632. The van der Waals surface area contributed by atoms with Crippen molar-refractivity contribution in [3.8, 4) is 5.75 Å². The second-order valence-corrected chi connectivity index (χ2v) is 7.38. The van der Waals surface area contributed by atoms with Crippen LogP contribution in [0.1, 0.15) is 49.3 Å². The number of fused-ring (bicyclic) bond motifs is 1. The van der Waals surface area contributed by atoms with Gasteiger partial charge in [0, 0.05) is 5.56 Å². The molecule has 2 unspecified atom stereocenters. The minimum Gasteiger partial charge on any atom is -0.484 e. The molecule has 3 heteroatoms. The van der Waals surface area contributed by atoms with Gasteiger partial charge in [-0.25, -0.2) is 0 Å². The number of hydrogen-bond donors (Lipinski definition) is 2. The third-order valence-electron chi connectivity index (χ3n) is 5.74. The third-order valence-corrected chi connectivity index (χ3v) is 5.74. The van der Waals surface area contributed by atoms with Crippen molar-refractivity contribution < 1.29 is 9.84 Å². The summed E-state index contributed by atoms with van der Waals surface area (Å²) in [5.41, 5.74) is 1.98. The zero-order valence-corrected chi connectivity index (χ0v) is 14.7. The van der Waals surface area contributed by atoms with E-state index in [9.17, 15) is 5.11 Å². The maximum atomic E-state index is 11.2. The molecule has 0 radical (unpaired) electrons. The maximum Gasteiger partial charge on any atom is 0.137 e. The zero-order chi connectivity index (χ0) is 17.1. The lowest BCUT2D eigenvalue weighted by molar-refractivity contribution is -0.107. The average molecular weight is 337 g/mol. The Morgan fingerprint density at radius 2 is 1.68 bits per heavy atom. The summed E-state index contributed by atoms with van der Waals surface area (Å²) in [6.07, 6.45) is 5.86. The fraction of sp³-hybridized carbons (Fsp3) is 0.455. The molecule has 1 heterocycles. The van der Waals surface area contributed by atoms with E-state index < -0.39 is 11.7 Å². The number of nitrogens with one attached hydrogen (secondary N) is 1. The lowest BCUT2D eigenvalue weighted by atomic mass is 9.75. The molecule has 1 saturated carbocycles. The molecule has 1 aliphatic carbocycles. The van der Waals surface area contributed by atoms with Gasteiger partial charge in [-0.2, -0.15) is 0 Å². The highest BCUT2D eigenvalue weighted by Crippen LogP contribution is 2.46. The molecule has 25 heavy (non-hydrogen) atoms. The SMILES string of the molecule is OC1C(NCCc2ccccc2)c2ccccc2OC12CCCCC2. The van der Waals surface area contributed by atoms with E-state index in [0.29, 0.717) is 0 Å². The van der Waals surface area contributed by atoms with Gasteiger partial charge in [0.25, 0.3) is 0 Å². The van der Waals surface area contributed by atoms with E-state index >= 15 is 0 Å². The number of para-hydroxylation sites is 1. The standard InChI is InChI=1S/C22H27NO2/c24-21-20(23-16-13-17-9-3-1-4-10-17)18-11-5-6-12-19(18)25-22(21)14-7-2-8-15-22/h1,3-6,9-12,20-21,23-24H,2,7-8,13-16H2. The second kappa shape index (κ2) is 7.19. The van der Waals surface area contributed by atoms with Crippen molar-refractivity contribution >= 4 is 0 Å². The first-order valence-electron chi connectivity index (χ1n) is 9.52. The van der Waals surface area contributed by atoms with E-state index in [-0.39, 0.29) is 6.04 Å². The van der Waals surface area contributed by atoms with Crippen molar-refractivity contribution in [3.05, 3.63) is 65.7 Å². The van der Waals surface area contributed by atoms with Crippen molar-refractivity contribution in [1.82, 2.24) is 5.32 Å². The van der Waals surface area contributed by atoms with E-state index in [2.05, 4.69) is 35.6 Å². The first-order valence-corrected chi connectivity index (χ1v) is 9.52. The lowest BCUT2D eigenvalue weighted by Gasteiger charge is -2.48. The Morgan fingerprint density at radius 3 is 2.48 bits per heavy atom. The van der Waals surface area contributed by atoms with Gasteiger partial charge in [-0.3, -0.25) is 0 Å². The molecule has 2 N–H and O–H groups in total. The van der Waals surface area contributed by atoms with E-state index in [1.807, 2.05) is 24.3 Å². The number of aliphatic hydroxyl groups excluding tert-OH is 1. The molecule has 3 nitrogen and oxygen atoms in total. The maximum absolute atomic E-state index is 11.2. The largest absolute Gasteiger partial charge is 0.484 e. The molecule has 4 rings (SSSR count). The van der Waals surface area contributed by atoms with Gasteiger partial charge in [-0.05, 0) is 50.3 Å². The van der Waals surface area contributed by atoms with Crippen molar-refractivity contribution in [2.24, 2.45) is 0 Å². The van der Waals surface area contributed by atoms with Crippen LogP contribution in [0.3, 0.4) is 0 Å². The van der Waals surface area contributed by atoms with Crippen LogP contribution in [0.25, 0.3) is 0 Å². The molecule has 2 aromatic carbocycles. The van der Waals surface area contributed by atoms with Gasteiger partial charge < -0.3 is 15.2 Å². The highest BCUT2D eigenvalue weighted by Gasteiger charge is 2.49. The summed E-state index contributed by atoms with van der Waals surface area (Å²) in [4.78, 5) is 0. The van der Waals surface area contributed by atoms with Crippen LogP contribution in [0.2, 0.25) is 0 Å². The van der Waals surface area contributed by atoms with Crippen LogP contribution >= 0.6 is 0 Å². The van der Waals surface area contributed by atoms with Crippen LogP contribution in [-0.2, 0) is 6.42 Å². The Kier molecular flexibility index (Phi) is 4.78. The number of hydrogen-bond acceptors (Lipinski definition) is 3. The van der Waals surface area contributed by atoms with Crippen LogP contribution in [-0.4, -0.2) is 23.4 Å². The Bertz CT molecular complexity index is 694. The third kappa shape index (κ3) is 3.31. The Morgan fingerprint density at radius 1 is 0.960 bits per heavy atom. The predicted octanol–water partition coefficient (Wildman–Crippen LogP) is 4.02. The minimum atomic E-state index is -0.501. The fourth-order valence-electron chi connectivity index (χ4n) is 4.37. The number of benzene rings is 2. The molecule has 0 saturated heterocycles. The van der Waals surface area contributed by atoms with Crippen molar-refractivity contribution in [2.45, 2.75) is 56.3 Å². The number of rotatable bonds is 4. The van der Waals surface area contributed by atoms with E-state index in [0.717, 1.165) is 50.0 Å². The van der Waals surface area contributed by atoms with Gasteiger partial charge in [0.2, 0.25) is 0 Å². The summed E-state index contributed by atoms with van der Waals surface area (Å²) < 4.78 is 6.38. The molecule has 132 valence electrons. The Balaban J connectivity index is 1.54. The first-order chi connectivity index (χ1) is 12.3. The molecule has 0 bridgehead atoms. The topological polar surface area (TPSA) is 41.5 Å². The second-order valence-electron chi connectivity index (χ2n) is 7.38. The normalized spacial score (nSPS) is 24.5. The van der Waals surface area contributed by atoms with Crippen molar-refractivity contribution in [3.63, 3.8) is 0 Å². The highest BCUT2D eigenvalue weighted by atomic mass is 16.5. The van der Waals surface area contributed by atoms with E-state index in [1.54, 1.807) is 0 Å². The smallest absolute Gasteiger partial charge is 0.137 e. The molecule has 2 aromatic rings. The molecular formula is C22H27NO2. The van der Waals surface area contributed by atoms with Gasteiger partial charge in [0.1, 0.15) is 17.5 Å². The quantitative estimate of drug-likeness (QED) is 0.885. The summed E-state index contributed by atoms with van der Waals surface area (Å²) >= 11 is 0. The van der Waals surface area contributed by atoms with E-state index in [1.165, 1.54) is 12.0 Å².